The molecular weight excluding hydrogens is 272 g/mol. The Morgan fingerprint density at radius 2 is 1.25 bits per heavy atom. The minimum Gasteiger partial charge on any atom is -0.406 e. The zero-order valence-corrected chi connectivity index (χ0v) is 10.1. The molecular formula is C12H10O8. The van der Waals surface area contributed by atoms with Crippen molar-refractivity contribution in [2.45, 2.75) is 13.0 Å². The van der Waals surface area contributed by atoms with Crippen molar-refractivity contribution in [3.63, 3.8) is 0 Å². The van der Waals surface area contributed by atoms with Gasteiger partial charge in [-0.25, -0.2) is 9.59 Å². The van der Waals surface area contributed by atoms with Gasteiger partial charge in [-0.1, -0.05) is 12.1 Å². The summed E-state index contributed by atoms with van der Waals surface area (Å²) in [5, 5.41) is 0. The molecule has 8 heteroatoms. The van der Waals surface area contributed by atoms with Crippen LogP contribution in [0.2, 0.25) is 0 Å². The van der Waals surface area contributed by atoms with E-state index in [4.69, 9.17) is 28.4 Å². The minimum atomic E-state index is -1.04. The lowest BCUT2D eigenvalue weighted by molar-refractivity contribution is -0.403. The van der Waals surface area contributed by atoms with E-state index in [-0.39, 0.29) is 24.7 Å². The average molecular weight is 282 g/mol. The zero-order chi connectivity index (χ0) is 13.9. The van der Waals surface area contributed by atoms with Gasteiger partial charge in [0.25, 0.3) is 0 Å². The third-order valence-corrected chi connectivity index (χ3v) is 2.59. The summed E-state index contributed by atoms with van der Waals surface area (Å²) in [6.07, 6.45) is 0. The largest absolute Gasteiger partial charge is 0.406 e. The molecule has 0 unspecified atom stereocenters. The van der Waals surface area contributed by atoms with E-state index in [2.05, 4.69) is 0 Å². The highest BCUT2D eigenvalue weighted by Crippen LogP contribution is 2.18. The van der Waals surface area contributed by atoms with Crippen LogP contribution in [0.15, 0.2) is 24.3 Å². The second kappa shape index (κ2) is 5.55. The highest BCUT2D eigenvalue weighted by molar-refractivity contribution is 6.03. The smallest absolute Gasteiger partial charge is 0.343 e. The van der Waals surface area contributed by atoms with E-state index in [9.17, 15) is 9.59 Å². The molecule has 2 heterocycles. The lowest BCUT2D eigenvalue weighted by atomic mass is 10.1. The van der Waals surface area contributed by atoms with E-state index < -0.39 is 24.9 Å². The monoisotopic (exact) mass is 282 g/mol. The van der Waals surface area contributed by atoms with Gasteiger partial charge in [0.1, 0.15) is 0 Å². The number of carbonyl (C=O) groups excluding carboxylic acids is 2. The Balaban J connectivity index is 1.72. The van der Waals surface area contributed by atoms with Gasteiger partial charge < -0.3 is 9.47 Å². The minimum absolute atomic E-state index is 0.0379. The van der Waals surface area contributed by atoms with Gasteiger partial charge in [0, 0.05) is 0 Å². The molecule has 0 aliphatic carbocycles. The highest BCUT2D eigenvalue weighted by Gasteiger charge is 2.29. The number of esters is 2. The van der Waals surface area contributed by atoms with Gasteiger partial charge in [-0.2, -0.15) is 0 Å². The standard InChI is InChI=1S/C12H10O8/c13-9(19-11-15-5-16-11)7-3-1-2-4-8(7)10(14)20-12-17-6-18-12/h1-4,11-12H,5-6H2. The topological polar surface area (TPSA) is 89.5 Å². The summed E-state index contributed by atoms with van der Waals surface area (Å²) in [7, 11) is 0. The van der Waals surface area contributed by atoms with Crippen molar-refractivity contribution in [1.82, 2.24) is 0 Å². The Morgan fingerprint density at radius 1 is 0.850 bits per heavy atom. The lowest BCUT2D eigenvalue weighted by Gasteiger charge is -2.26. The molecule has 1 aromatic rings. The summed E-state index contributed by atoms with van der Waals surface area (Å²) in [5.41, 5.74) is 0.0758. The lowest BCUT2D eigenvalue weighted by Crippen LogP contribution is -2.36. The van der Waals surface area contributed by atoms with Crippen molar-refractivity contribution < 1.29 is 38.0 Å². The van der Waals surface area contributed by atoms with Gasteiger partial charge in [0.05, 0.1) is 11.1 Å². The van der Waals surface area contributed by atoms with Crippen LogP contribution >= 0.6 is 0 Å². The number of hydrogen-bond acceptors (Lipinski definition) is 8. The van der Waals surface area contributed by atoms with Crippen molar-refractivity contribution in [1.29, 1.82) is 0 Å². The fourth-order valence-electron chi connectivity index (χ4n) is 1.52. The first-order chi connectivity index (χ1) is 9.74. The number of ether oxygens (including phenoxy) is 6. The van der Waals surface area contributed by atoms with Crippen LogP contribution in [0.4, 0.5) is 0 Å². The van der Waals surface area contributed by atoms with Crippen molar-refractivity contribution >= 4 is 11.9 Å². The maximum Gasteiger partial charge on any atom is 0.343 e. The van der Waals surface area contributed by atoms with Gasteiger partial charge in [0.15, 0.2) is 13.6 Å². The molecule has 0 saturated carbocycles. The van der Waals surface area contributed by atoms with Gasteiger partial charge in [-0.3, -0.25) is 18.9 Å². The molecule has 20 heavy (non-hydrogen) atoms. The molecule has 2 aliphatic rings. The van der Waals surface area contributed by atoms with Crippen LogP contribution in [0.5, 0.6) is 0 Å². The molecule has 0 atom stereocenters. The van der Waals surface area contributed by atoms with E-state index in [1.807, 2.05) is 0 Å². The third kappa shape index (κ3) is 2.63. The van der Waals surface area contributed by atoms with E-state index in [0.29, 0.717) is 0 Å². The summed E-state index contributed by atoms with van der Waals surface area (Å²) in [6.45, 7) is -1.94. The molecule has 0 radical (unpaired) electrons. The van der Waals surface area contributed by atoms with E-state index in [1.165, 1.54) is 12.1 Å². The van der Waals surface area contributed by atoms with Crippen molar-refractivity contribution in [2.24, 2.45) is 0 Å². The van der Waals surface area contributed by atoms with Crippen LogP contribution < -0.4 is 0 Å². The van der Waals surface area contributed by atoms with Gasteiger partial charge in [-0.05, 0) is 12.1 Å². The van der Waals surface area contributed by atoms with Crippen LogP contribution in [0.3, 0.4) is 0 Å². The Labute approximate surface area is 113 Å². The number of hydrogen-bond donors (Lipinski definition) is 0. The normalized spacial score (nSPS) is 18.8. The van der Waals surface area contributed by atoms with Gasteiger partial charge in [0.2, 0.25) is 0 Å². The van der Waals surface area contributed by atoms with E-state index >= 15 is 0 Å². The quantitative estimate of drug-likeness (QED) is 0.741. The average Bonchev–Trinajstić information content (AvgIpc) is 2.37. The molecule has 2 fully saturated rings. The Bertz CT molecular complexity index is 473. The Hall–Kier alpha value is -2.00. The molecule has 0 bridgehead atoms. The Kier molecular flexibility index (Phi) is 3.61. The molecule has 0 amide bonds. The summed E-state index contributed by atoms with van der Waals surface area (Å²) >= 11 is 0. The molecule has 8 nitrogen and oxygen atoms in total. The summed E-state index contributed by atoms with van der Waals surface area (Å²) in [6, 6.07) is 6.04. The van der Waals surface area contributed by atoms with Crippen LogP contribution in [-0.2, 0) is 28.4 Å². The Morgan fingerprint density at radius 3 is 1.55 bits per heavy atom. The predicted octanol–water partition coefficient (Wildman–Crippen LogP) is 0.576. The fourth-order valence-corrected chi connectivity index (χ4v) is 1.52. The van der Waals surface area contributed by atoms with Crippen LogP contribution in [0.25, 0.3) is 0 Å². The van der Waals surface area contributed by atoms with Crippen molar-refractivity contribution in [3.8, 4) is 0 Å². The third-order valence-electron chi connectivity index (χ3n) is 2.59. The molecule has 0 N–H and O–H groups in total. The molecule has 106 valence electrons. The first-order valence-electron chi connectivity index (χ1n) is 5.71. The van der Waals surface area contributed by atoms with Crippen molar-refractivity contribution in [3.05, 3.63) is 35.4 Å². The molecule has 1 aromatic carbocycles. The fraction of sp³-hybridized carbons (Fsp3) is 0.333. The van der Waals surface area contributed by atoms with Gasteiger partial charge >= 0.3 is 24.9 Å². The highest BCUT2D eigenvalue weighted by atomic mass is 17.0. The van der Waals surface area contributed by atoms with Crippen molar-refractivity contribution in [2.75, 3.05) is 13.6 Å². The van der Waals surface area contributed by atoms with Gasteiger partial charge in [-0.15, -0.1) is 0 Å². The number of carbonyl (C=O) groups is 2. The molecule has 0 spiro atoms. The number of benzene rings is 1. The molecule has 2 aliphatic heterocycles. The SMILES string of the molecule is O=C(OC1OCO1)c1ccccc1C(=O)OC1OCO1. The second-order valence-corrected chi connectivity index (χ2v) is 3.84. The summed E-state index contributed by atoms with van der Waals surface area (Å²) < 4.78 is 28.9. The molecule has 0 aromatic heterocycles. The van der Waals surface area contributed by atoms with Crippen LogP contribution in [0, 0.1) is 0 Å². The summed E-state index contributed by atoms with van der Waals surface area (Å²) in [4.78, 5) is 23.8. The first-order valence-corrected chi connectivity index (χ1v) is 5.71. The van der Waals surface area contributed by atoms with E-state index in [1.54, 1.807) is 12.1 Å². The maximum absolute atomic E-state index is 11.9. The number of rotatable bonds is 4. The molecule has 3 rings (SSSR count). The first kappa shape index (κ1) is 13.0. The predicted molar refractivity (Wildman–Crippen MR) is 58.9 cm³/mol. The summed E-state index contributed by atoms with van der Waals surface area (Å²) in [5.74, 6) is -1.50. The second-order valence-electron chi connectivity index (χ2n) is 3.84. The van der Waals surface area contributed by atoms with Crippen LogP contribution in [-0.4, -0.2) is 38.5 Å². The van der Waals surface area contributed by atoms with E-state index in [0.717, 1.165) is 0 Å². The van der Waals surface area contributed by atoms with Crippen LogP contribution in [0.1, 0.15) is 20.7 Å². The molecule has 2 saturated heterocycles. The zero-order valence-electron chi connectivity index (χ0n) is 10.1. The maximum atomic E-state index is 11.9.